The highest BCUT2D eigenvalue weighted by Gasteiger charge is 2.31. The molecule has 0 radical (unpaired) electrons. The lowest BCUT2D eigenvalue weighted by Crippen LogP contribution is -2.30. The second kappa shape index (κ2) is 5.52. The summed E-state index contributed by atoms with van der Waals surface area (Å²) in [5, 5.41) is 17.2. The van der Waals surface area contributed by atoms with Crippen molar-refractivity contribution in [3.8, 4) is 0 Å². The van der Waals surface area contributed by atoms with Crippen LogP contribution in [0, 0.1) is 0 Å². The minimum Gasteiger partial charge on any atom is -0.423 e. The Bertz CT molecular complexity index is 314. The minimum absolute atomic E-state index is 0.171. The average molecular weight is 220 g/mol. The third-order valence-corrected chi connectivity index (χ3v) is 1.51. The highest BCUT2D eigenvalue weighted by Crippen LogP contribution is 2.27. The Labute approximate surface area is 84.3 Å². The third-order valence-electron chi connectivity index (χ3n) is 1.51. The van der Waals surface area contributed by atoms with E-state index in [4.69, 9.17) is 14.8 Å². The molecule has 0 amide bonds. The molecule has 1 aromatic carbocycles. The zero-order valence-electron chi connectivity index (χ0n) is 7.53. The van der Waals surface area contributed by atoms with E-state index < -0.39 is 18.9 Å². The molecule has 0 heterocycles. The molecule has 0 saturated heterocycles. The summed E-state index contributed by atoms with van der Waals surface area (Å²) in [5.41, 5.74) is -1.06. The van der Waals surface area contributed by atoms with Crippen molar-refractivity contribution in [2.24, 2.45) is 0 Å². The number of rotatable bonds is 1. The molecular formula is C8H8BF3O3. The van der Waals surface area contributed by atoms with Crippen molar-refractivity contribution < 1.29 is 28.0 Å². The van der Waals surface area contributed by atoms with Gasteiger partial charge in [-0.25, -0.2) is 0 Å². The van der Waals surface area contributed by atoms with Crippen LogP contribution in [0.1, 0.15) is 5.56 Å². The predicted octanol–water partition coefficient (Wildman–Crippen LogP) is 0.200. The molecule has 7 heteroatoms. The smallest absolute Gasteiger partial charge is 0.423 e. The highest BCUT2D eigenvalue weighted by atomic mass is 19.4. The second-order valence-corrected chi connectivity index (χ2v) is 2.50. The lowest BCUT2D eigenvalue weighted by Gasteiger charge is -2.07. The van der Waals surface area contributed by atoms with Crippen molar-refractivity contribution in [1.82, 2.24) is 0 Å². The Morgan fingerprint density at radius 3 is 2.13 bits per heavy atom. The average Bonchev–Trinajstić information content (AvgIpc) is 2.20. The van der Waals surface area contributed by atoms with Gasteiger partial charge in [0.15, 0.2) is 0 Å². The van der Waals surface area contributed by atoms with Gasteiger partial charge in [0, 0.05) is 0 Å². The minimum atomic E-state index is -4.45. The van der Waals surface area contributed by atoms with Crippen LogP contribution in [-0.4, -0.2) is 24.0 Å². The Hall–Kier alpha value is -1.34. The van der Waals surface area contributed by atoms with Crippen molar-refractivity contribution >= 4 is 19.4 Å². The van der Waals surface area contributed by atoms with Crippen LogP contribution in [0.4, 0.5) is 13.2 Å². The van der Waals surface area contributed by atoms with Crippen molar-refractivity contribution in [1.29, 1.82) is 0 Å². The topological polar surface area (TPSA) is 57.5 Å². The number of hydrogen-bond acceptors (Lipinski definition) is 3. The molecule has 0 bridgehead atoms. The zero-order chi connectivity index (χ0) is 12.1. The SMILES string of the molecule is C=O.OB(O)c1cccc(C(F)(F)F)c1. The summed E-state index contributed by atoms with van der Waals surface area (Å²) in [7, 11) is -1.87. The van der Waals surface area contributed by atoms with E-state index in [0.717, 1.165) is 12.1 Å². The summed E-state index contributed by atoms with van der Waals surface area (Å²) in [4.78, 5) is 8.00. The number of carbonyl (C=O) groups is 1. The molecule has 0 aromatic heterocycles. The molecule has 0 atom stereocenters. The van der Waals surface area contributed by atoms with Crippen LogP contribution in [-0.2, 0) is 11.0 Å². The van der Waals surface area contributed by atoms with Gasteiger partial charge in [-0.1, -0.05) is 24.3 Å². The highest BCUT2D eigenvalue weighted by molar-refractivity contribution is 6.58. The van der Waals surface area contributed by atoms with E-state index in [1.807, 2.05) is 6.79 Å². The molecule has 0 aliphatic heterocycles. The summed E-state index contributed by atoms with van der Waals surface area (Å²) in [6.07, 6.45) is -4.45. The van der Waals surface area contributed by atoms with Crippen molar-refractivity contribution in [3.05, 3.63) is 29.8 Å². The zero-order valence-corrected chi connectivity index (χ0v) is 7.53. The van der Waals surface area contributed by atoms with E-state index in [0.29, 0.717) is 6.07 Å². The van der Waals surface area contributed by atoms with Gasteiger partial charge < -0.3 is 14.8 Å². The van der Waals surface area contributed by atoms with Gasteiger partial charge in [-0.2, -0.15) is 13.2 Å². The number of alkyl halides is 3. The normalized spacial score (nSPS) is 10.2. The van der Waals surface area contributed by atoms with E-state index in [-0.39, 0.29) is 5.46 Å². The van der Waals surface area contributed by atoms with Gasteiger partial charge in [0.25, 0.3) is 0 Å². The molecule has 82 valence electrons. The first-order valence-electron chi connectivity index (χ1n) is 3.73. The fourth-order valence-electron chi connectivity index (χ4n) is 0.876. The molecule has 0 aliphatic carbocycles. The fraction of sp³-hybridized carbons (Fsp3) is 0.125. The van der Waals surface area contributed by atoms with Crippen LogP contribution < -0.4 is 5.46 Å². The molecule has 0 unspecified atom stereocenters. The summed E-state index contributed by atoms with van der Waals surface area (Å²) in [6, 6.07) is 3.90. The van der Waals surface area contributed by atoms with Gasteiger partial charge in [0.1, 0.15) is 6.79 Å². The molecule has 0 spiro atoms. The summed E-state index contributed by atoms with van der Waals surface area (Å²) >= 11 is 0. The van der Waals surface area contributed by atoms with Gasteiger partial charge >= 0.3 is 13.3 Å². The molecule has 0 aliphatic rings. The first kappa shape index (κ1) is 13.7. The summed E-state index contributed by atoms with van der Waals surface area (Å²) in [5.74, 6) is 0. The van der Waals surface area contributed by atoms with Crippen LogP contribution in [0.5, 0.6) is 0 Å². The molecule has 0 fully saturated rings. The van der Waals surface area contributed by atoms with Crippen molar-refractivity contribution in [2.45, 2.75) is 6.18 Å². The Balaban J connectivity index is 0.000000921. The van der Waals surface area contributed by atoms with Crippen LogP contribution in [0.25, 0.3) is 0 Å². The van der Waals surface area contributed by atoms with E-state index in [1.54, 1.807) is 0 Å². The van der Waals surface area contributed by atoms with E-state index in [1.165, 1.54) is 6.07 Å². The molecule has 0 saturated carbocycles. The van der Waals surface area contributed by atoms with Gasteiger partial charge in [-0.05, 0) is 5.46 Å². The van der Waals surface area contributed by atoms with Gasteiger partial charge in [-0.15, -0.1) is 0 Å². The maximum Gasteiger partial charge on any atom is 0.488 e. The summed E-state index contributed by atoms with van der Waals surface area (Å²) < 4.78 is 36.2. The van der Waals surface area contributed by atoms with E-state index >= 15 is 0 Å². The summed E-state index contributed by atoms with van der Waals surface area (Å²) in [6.45, 7) is 2.00. The maximum atomic E-state index is 12.1. The van der Waals surface area contributed by atoms with Crippen molar-refractivity contribution in [3.63, 3.8) is 0 Å². The fourth-order valence-corrected chi connectivity index (χ4v) is 0.876. The Morgan fingerprint density at radius 2 is 1.73 bits per heavy atom. The first-order valence-corrected chi connectivity index (χ1v) is 3.73. The molecule has 2 N–H and O–H groups in total. The number of hydrogen-bond donors (Lipinski definition) is 2. The number of halogens is 3. The number of benzene rings is 1. The standard InChI is InChI=1S/C7H6BF3O2.CH2O/c9-7(10,11)5-2-1-3-6(4-5)8(12)13;1-2/h1-4,12-13H;1H2. The van der Waals surface area contributed by atoms with Gasteiger partial charge in [-0.3, -0.25) is 0 Å². The van der Waals surface area contributed by atoms with Crippen LogP contribution >= 0.6 is 0 Å². The lowest BCUT2D eigenvalue weighted by atomic mass is 9.79. The molecular weight excluding hydrogens is 212 g/mol. The first-order chi connectivity index (χ1) is 6.91. The molecule has 1 aromatic rings. The predicted molar refractivity (Wildman–Crippen MR) is 48.4 cm³/mol. The third kappa shape index (κ3) is 4.13. The second-order valence-electron chi connectivity index (χ2n) is 2.50. The Morgan fingerprint density at radius 1 is 1.20 bits per heavy atom. The number of carbonyl (C=O) groups excluding carboxylic acids is 1. The molecule has 3 nitrogen and oxygen atoms in total. The van der Waals surface area contributed by atoms with Gasteiger partial charge in [0.05, 0.1) is 5.56 Å². The Kier molecular flexibility index (Phi) is 5.03. The van der Waals surface area contributed by atoms with Crippen LogP contribution in [0.2, 0.25) is 0 Å². The molecule has 15 heavy (non-hydrogen) atoms. The lowest BCUT2D eigenvalue weighted by molar-refractivity contribution is -0.137. The van der Waals surface area contributed by atoms with E-state index in [9.17, 15) is 13.2 Å². The maximum absolute atomic E-state index is 12.1. The van der Waals surface area contributed by atoms with E-state index in [2.05, 4.69) is 0 Å². The van der Waals surface area contributed by atoms with Gasteiger partial charge in [0.2, 0.25) is 0 Å². The monoisotopic (exact) mass is 220 g/mol. The van der Waals surface area contributed by atoms with Crippen LogP contribution in [0.3, 0.4) is 0 Å². The van der Waals surface area contributed by atoms with Crippen molar-refractivity contribution in [2.75, 3.05) is 0 Å². The molecule has 1 rings (SSSR count). The van der Waals surface area contributed by atoms with Crippen LogP contribution in [0.15, 0.2) is 24.3 Å². The largest absolute Gasteiger partial charge is 0.488 e. The quantitative estimate of drug-likeness (QED) is 0.664.